The maximum absolute atomic E-state index is 7.12. The van der Waals surface area contributed by atoms with E-state index in [1.807, 2.05) is 6.20 Å². The molecule has 0 unspecified atom stereocenters. The van der Waals surface area contributed by atoms with E-state index in [2.05, 4.69) is 126 Å². The molecule has 0 bridgehead atoms. The summed E-state index contributed by atoms with van der Waals surface area (Å²) in [6.45, 7) is 30.8. The lowest BCUT2D eigenvalue weighted by molar-refractivity contribution is -0.0378. The molecule has 0 amide bonds. The van der Waals surface area contributed by atoms with Crippen molar-refractivity contribution >= 4 is 52.7 Å². The highest BCUT2D eigenvalue weighted by Crippen LogP contribution is 2.44. The maximum atomic E-state index is 7.12. The maximum Gasteiger partial charge on any atom is 0.247 e. The van der Waals surface area contributed by atoms with Gasteiger partial charge in [0.25, 0.3) is 0 Å². The molecule has 1 saturated heterocycles. The van der Waals surface area contributed by atoms with E-state index < -0.39 is 30.9 Å². The average molecular weight is 711 g/mol. The molecule has 264 valence electrons. The van der Waals surface area contributed by atoms with Crippen molar-refractivity contribution in [3.05, 3.63) is 30.5 Å². The normalized spacial score (nSPS) is 19.9. The molecule has 48 heavy (non-hydrogen) atoms. The summed E-state index contributed by atoms with van der Waals surface area (Å²) >= 11 is 0. The van der Waals surface area contributed by atoms with E-state index in [0.29, 0.717) is 36.7 Å². The van der Waals surface area contributed by atoms with E-state index in [1.165, 1.54) is 0 Å². The van der Waals surface area contributed by atoms with E-state index in [-0.39, 0.29) is 28.2 Å². The Morgan fingerprint density at radius 2 is 1.62 bits per heavy atom. The van der Waals surface area contributed by atoms with Crippen molar-refractivity contribution in [2.45, 2.75) is 128 Å². The molecule has 0 spiro atoms. The Hall–Kier alpha value is -2.56. The summed E-state index contributed by atoms with van der Waals surface area (Å²) in [5.74, 6) is 1.27. The number of hydrogen-bond acceptors (Lipinski definition) is 8. The van der Waals surface area contributed by atoms with E-state index in [1.54, 1.807) is 0 Å². The number of nitrogens with one attached hydrogen (secondary N) is 1. The number of aromatic amines is 1. The van der Waals surface area contributed by atoms with Crippen LogP contribution in [0.5, 0.6) is 5.88 Å². The molecule has 0 saturated carbocycles. The quantitative estimate of drug-likeness (QED) is 0.148. The Kier molecular flexibility index (Phi) is 9.91. The predicted molar refractivity (Wildman–Crippen MR) is 204 cm³/mol. The Morgan fingerprint density at radius 1 is 0.938 bits per heavy atom. The first-order valence-corrected chi connectivity index (χ1v) is 26.8. The van der Waals surface area contributed by atoms with Crippen LogP contribution in [0.25, 0.3) is 33.5 Å². The number of hydrogen-bond donors (Lipinski definition) is 2. The van der Waals surface area contributed by atoms with Crippen molar-refractivity contribution in [2.75, 3.05) is 18.9 Å². The second kappa shape index (κ2) is 13.0. The lowest BCUT2D eigenvalue weighted by atomic mass is 10.1. The molecule has 3 N–H and O–H groups in total. The SMILES string of the molecule is CC(C)(C)[Si](C)(C)OC[C@H]1O[C@@H](n2c(-c3ccc4cc[nH]c4c3)nc3c(OCC[Si](C)(C)C)nc(N)nc32)C[C@@H]1O[Si](C)(C)C(C)(C)C. The van der Waals surface area contributed by atoms with Gasteiger partial charge in [-0.3, -0.25) is 4.57 Å². The van der Waals surface area contributed by atoms with Gasteiger partial charge in [-0.15, -0.1) is 0 Å². The molecule has 1 aliphatic heterocycles. The Balaban J connectivity index is 1.61. The number of nitrogen functional groups attached to an aromatic ring is 1. The standard InChI is InChI=1S/C35H58N6O4Si3/c1-34(2,3)47(10,11)43-22-27-26(45-48(12,13)35(4,5)6)21-28(44-27)41-30(24-15-14-23-16-17-37-25(23)20-24)38-29-31(41)39-33(36)40-32(29)42-18-19-46(7,8)9/h14-17,20,26-28,37H,18-19,21-22H2,1-13H3,(H2,36,39,40)/t26-,27+,28+/m0/s1. The lowest BCUT2D eigenvalue weighted by Gasteiger charge is -2.40. The van der Waals surface area contributed by atoms with Crippen molar-refractivity contribution in [2.24, 2.45) is 0 Å². The van der Waals surface area contributed by atoms with Crippen LogP contribution in [-0.2, 0) is 13.6 Å². The molecule has 5 rings (SSSR count). The van der Waals surface area contributed by atoms with Gasteiger partial charge in [-0.25, -0.2) is 4.98 Å². The molecule has 4 heterocycles. The third-order valence-corrected chi connectivity index (χ3v) is 21.3. The minimum Gasteiger partial charge on any atom is -0.476 e. The molecule has 3 aromatic heterocycles. The fourth-order valence-corrected chi connectivity index (χ4v) is 8.46. The Bertz CT molecular complexity index is 1750. The van der Waals surface area contributed by atoms with Crippen LogP contribution in [0.1, 0.15) is 54.2 Å². The van der Waals surface area contributed by atoms with Crippen LogP contribution in [0.15, 0.2) is 30.5 Å². The van der Waals surface area contributed by atoms with Gasteiger partial charge in [0.2, 0.25) is 11.8 Å². The second-order valence-corrected chi connectivity index (χ2v) is 32.8. The monoisotopic (exact) mass is 710 g/mol. The molecular formula is C35H58N6O4Si3. The van der Waals surface area contributed by atoms with Gasteiger partial charge in [-0.05, 0) is 59.8 Å². The molecule has 1 fully saturated rings. The zero-order chi connectivity index (χ0) is 35.4. The van der Waals surface area contributed by atoms with Gasteiger partial charge < -0.3 is 29.0 Å². The van der Waals surface area contributed by atoms with E-state index in [4.69, 9.17) is 34.0 Å². The summed E-state index contributed by atoms with van der Waals surface area (Å²) in [5.41, 5.74) is 9.49. The van der Waals surface area contributed by atoms with Crippen molar-refractivity contribution < 1.29 is 18.3 Å². The van der Waals surface area contributed by atoms with Crippen molar-refractivity contribution in [3.8, 4) is 17.3 Å². The van der Waals surface area contributed by atoms with Gasteiger partial charge in [0.1, 0.15) is 18.2 Å². The fraction of sp³-hybridized carbons (Fsp3) is 0.629. The van der Waals surface area contributed by atoms with Crippen LogP contribution in [-0.4, -0.2) is 74.6 Å². The zero-order valence-corrected chi connectivity index (χ0v) is 34.4. The third kappa shape index (κ3) is 7.76. The van der Waals surface area contributed by atoms with Crippen molar-refractivity contribution in [3.63, 3.8) is 0 Å². The number of fused-ring (bicyclic) bond motifs is 2. The van der Waals surface area contributed by atoms with Crippen LogP contribution in [0.2, 0.25) is 61.9 Å². The minimum absolute atomic E-state index is 0.0397. The van der Waals surface area contributed by atoms with Gasteiger partial charge in [-0.1, -0.05) is 73.3 Å². The van der Waals surface area contributed by atoms with Crippen LogP contribution >= 0.6 is 0 Å². The van der Waals surface area contributed by atoms with Crippen LogP contribution in [0.3, 0.4) is 0 Å². The third-order valence-electron chi connectivity index (χ3n) is 10.6. The number of nitrogens with two attached hydrogens (primary N) is 1. The van der Waals surface area contributed by atoms with E-state index in [9.17, 15) is 0 Å². The highest BCUT2D eigenvalue weighted by Gasteiger charge is 2.47. The predicted octanol–water partition coefficient (Wildman–Crippen LogP) is 8.97. The van der Waals surface area contributed by atoms with Crippen LogP contribution in [0.4, 0.5) is 5.95 Å². The first kappa shape index (κ1) is 36.7. The van der Waals surface area contributed by atoms with Crippen LogP contribution < -0.4 is 10.5 Å². The van der Waals surface area contributed by atoms with Crippen molar-refractivity contribution in [1.82, 2.24) is 24.5 Å². The highest BCUT2D eigenvalue weighted by atomic mass is 28.4. The molecule has 1 aliphatic rings. The number of ether oxygens (including phenoxy) is 2. The van der Waals surface area contributed by atoms with Gasteiger partial charge in [0, 0.05) is 31.8 Å². The summed E-state index contributed by atoms with van der Waals surface area (Å²) in [5, 5.41) is 1.24. The topological polar surface area (TPSA) is 122 Å². The highest BCUT2D eigenvalue weighted by molar-refractivity contribution is 6.76. The van der Waals surface area contributed by atoms with Gasteiger partial charge in [-0.2, -0.15) is 9.97 Å². The largest absolute Gasteiger partial charge is 0.476 e. The fourth-order valence-electron chi connectivity index (χ4n) is 5.38. The lowest BCUT2D eigenvalue weighted by Crippen LogP contribution is -2.48. The smallest absolute Gasteiger partial charge is 0.247 e. The number of H-pyrrole nitrogens is 1. The summed E-state index contributed by atoms with van der Waals surface area (Å²) in [4.78, 5) is 17.8. The van der Waals surface area contributed by atoms with Crippen molar-refractivity contribution in [1.29, 1.82) is 0 Å². The summed E-state index contributed by atoms with van der Waals surface area (Å²) < 4.78 is 29.3. The average Bonchev–Trinajstić information content (AvgIpc) is 3.66. The molecule has 1 aromatic carbocycles. The van der Waals surface area contributed by atoms with E-state index in [0.717, 1.165) is 28.3 Å². The van der Waals surface area contributed by atoms with Gasteiger partial charge in [0.15, 0.2) is 27.8 Å². The molecule has 13 heteroatoms. The number of nitrogens with zero attached hydrogens (tertiary/aromatic N) is 4. The van der Waals surface area contributed by atoms with Crippen LogP contribution in [0, 0.1) is 0 Å². The molecule has 10 nitrogen and oxygen atoms in total. The molecule has 4 aromatic rings. The van der Waals surface area contributed by atoms with Gasteiger partial charge in [0.05, 0.1) is 19.3 Å². The molecule has 3 atom stereocenters. The minimum atomic E-state index is -2.16. The number of imidazole rings is 1. The van der Waals surface area contributed by atoms with E-state index >= 15 is 0 Å². The second-order valence-electron chi connectivity index (χ2n) is 17.7. The Labute approximate surface area is 289 Å². The first-order chi connectivity index (χ1) is 22.1. The van der Waals surface area contributed by atoms with Gasteiger partial charge >= 0.3 is 0 Å². The number of benzene rings is 1. The zero-order valence-electron chi connectivity index (χ0n) is 31.4. The number of aromatic nitrogens is 5. The number of rotatable bonds is 11. The first-order valence-electron chi connectivity index (χ1n) is 17.3. The molecule has 0 aliphatic carbocycles. The Morgan fingerprint density at radius 3 is 2.27 bits per heavy atom. The summed E-state index contributed by atoms with van der Waals surface area (Å²) in [7, 11) is -5.55. The summed E-state index contributed by atoms with van der Waals surface area (Å²) in [6.07, 6.45) is 1.72. The number of anilines is 1. The summed E-state index contributed by atoms with van der Waals surface area (Å²) in [6, 6.07) is 9.36. The molecular weight excluding hydrogens is 653 g/mol. The molecule has 0 radical (unpaired) electrons.